The molecule has 1 N–H and O–H groups in total. The Kier molecular flexibility index (Phi) is 2.30. The molecule has 0 aromatic heterocycles. The van der Waals surface area contributed by atoms with Crippen LogP contribution in [-0.4, -0.2) is 34.6 Å². The zero-order valence-corrected chi connectivity index (χ0v) is 8.99. The van der Waals surface area contributed by atoms with E-state index in [4.69, 9.17) is 0 Å². The second-order valence-electron chi connectivity index (χ2n) is 5.13. The Bertz CT molecular complexity index is 246. The van der Waals surface area contributed by atoms with E-state index in [-0.39, 0.29) is 11.8 Å². The summed E-state index contributed by atoms with van der Waals surface area (Å²) in [6, 6.07) is 0. The van der Waals surface area contributed by atoms with Crippen molar-refractivity contribution in [1.82, 2.24) is 4.90 Å². The van der Waals surface area contributed by atoms with Gasteiger partial charge in [-0.25, -0.2) is 0 Å². The lowest BCUT2D eigenvalue weighted by Gasteiger charge is -2.22. The van der Waals surface area contributed by atoms with Crippen molar-refractivity contribution in [2.75, 3.05) is 13.1 Å². The van der Waals surface area contributed by atoms with Gasteiger partial charge in [0, 0.05) is 19.0 Å². The van der Waals surface area contributed by atoms with Gasteiger partial charge in [0.25, 0.3) is 0 Å². The molecule has 1 saturated heterocycles. The summed E-state index contributed by atoms with van der Waals surface area (Å²) in [6.45, 7) is 5.07. The van der Waals surface area contributed by atoms with E-state index >= 15 is 0 Å². The van der Waals surface area contributed by atoms with Crippen LogP contribution in [0.1, 0.15) is 33.1 Å². The normalized spacial score (nSPS) is 34.6. The summed E-state index contributed by atoms with van der Waals surface area (Å²) >= 11 is 0. The van der Waals surface area contributed by atoms with Gasteiger partial charge in [-0.05, 0) is 32.1 Å². The van der Waals surface area contributed by atoms with E-state index in [0.717, 1.165) is 13.0 Å². The van der Waals surface area contributed by atoms with E-state index in [1.807, 2.05) is 18.7 Å². The largest absolute Gasteiger partial charge is 0.388 e. The SMILES string of the molecule is CC(C(=O)N1CCC(C)(O)C1)C1CC1. The van der Waals surface area contributed by atoms with E-state index < -0.39 is 5.60 Å². The topological polar surface area (TPSA) is 40.5 Å². The standard InChI is InChI=1S/C11H19NO2/c1-8(9-3-4-9)10(13)12-6-5-11(2,14)7-12/h8-9,14H,3-7H2,1-2H3. The maximum Gasteiger partial charge on any atom is 0.225 e. The van der Waals surface area contributed by atoms with Gasteiger partial charge in [0.1, 0.15) is 0 Å². The number of hydrogen-bond acceptors (Lipinski definition) is 2. The van der Waals surface area contributed by atoms with Crippen LogP contribution < -0.4 is 0 Å². The van der Waals surface area contributed by atoms with Gasteiger partial charge in [-0.15, -0.1) is 0 Å². The Morgan fingerprint density at radius 1 is 1.57 bits per heavy atom. The molecule has 2 rings (SSSR count). The van der Waals surface area contributed by atoms with Gasteiger partial charge in [0.2, 0.25) is 5.91 Å². The second kappa shape index (κ2) is 3.23. The third-order valence-electron chi connectivity index (χ3n) is 3.48. The van der Waals surface area contributed by atoms with Gasteiger partial charge in [-0.2, -0.15) is 0 Å². The first-order chi connectivity index (χ1) is 6.49. The Morgan fingerprint density at radius 2 is 2.21 bits per heavy atom. The summed E-state index contributed by atoms with van der Waals surface area (Å²) in [5, 5.41) is 9.76. The van der Waals surface area contributed by atoms with Crippen molar-refractivity contribution in [3.05, 3.63) is 0 Å². The van der Waals surface area contributed by atoms with Crippen LogP contribution in [-0.2, 0) is 4.79 Å². The van der Waals surface area contributed by atoms with Crippen LogP contribution in [0.5, 0.6) is 0 Å². The predicted octanol–water partition coefficient (Wildman–Crippen LogP) is 1.02. The van der Waals surface area contributed by atoms with Crippen molar-refractivity contribution in [2.45, 2.75) is 38.7 Å². The highest BCUT2D eigenvalue weighted by Crippen LogP contribution is 2.38. The number of nitrogens with zero attached hydrogens (tertiary/aromatic N) is 1. The van der Waals surface area contributed by atoms with E-state index in [1.165, 1.54) is 12.8 Å². The van der Waals surface area contributed by atoms with Gasteiger partial charge in [0.15, 0.2) is 0 Å². The molecule has 3 nitrogen and oxygen atoms in total. The van der Waals surface area contributed by atoms with Crippen LogP contribution >= 0.6 is 0 Å². The molecule has 2 unspecified atom stereocenters. The van der Waals surface area contributed by atoms with E-state index in [0.29, 0.717) is 12.5 Å². The molecule has 0 aromatic carbocycles. The number of carbonyl (C=O) groups excluding carboxylic acids is 1. The number of β-amino-alcohol motifs (C(OH)–C–C–N with tert-alkyl or cyclic N) is 1. The summed E-state index contributed by atoms with van der Waals surface area (Å²) in [7, 11) is 0. The van der Waals surface area contributed by atoms with Gasteiger partial charge in [-0.3, -0.25) is 4.79 Å². The van der Waals surface area contributed by atoms with Crippen molar-refractivity contribution in [3.8, 4) is 0 Å². The molecule has 1 amide bonds. The molecule has 2 aliphatic rings. The Labute approximate surface area is 85.1 Å². The minimum atomic E-state index is -0.654. The smallest absolute Gasteiger partial charge is 0.225 e. The fourth-order valence-electron chi connectivity index (χ4n) is 2.22. The minimum absolute atomic E-state index is 0.170. The lowest BCUT2D eigenvalue weighted by molar-refractivity contribution is -0.135. The fourth-order valence-corrected chi connectivity index (χ4v) is 2.22. The molecule has 0 radical (unpaired) electrons. The lowest BCUT2D eigenvalue weighted by Crippen LogP contribution is -2.37. The Hall–Kier alpha value is -0.570. The maximum absolute atomic E-state index is 11.9. The molecule has 0 aromatic rings. The molecule has 1 heterocycles. The highest BCUT2D eigenvalue weighted by atomic mass is 16.3. The van der Waals surface area contributed by atoms with Crippen LogP contribution in [0.15, 0.2) is 0 Å². The molecule has 0 spiro atoms. The quantitative estimate of drug-likeness (QED) is 0.718. The maximum atomic E-state index is 11.9. The number of likely N-dealkylation sites (tertiary alicyclic amines) is 1. The number of hydrogen-bond donors (Lipinski definition) is 1. The number of carbonyl (C=O) groups is 1. The molecule has 2 fully saturated rings. The first-order valence-corrected chi connectivity index (χ1v) is 5.51. The van der Waals surface area contributed by atoms with Crippen LogP contribution in [0.2, 0.25) is 0 Å². The van der Waals surface area contributed by atoms with E-state index in [9.17, 15) is 9.90 Å². The molecule has 1 saturated carbocycles. The highest BCUT2D eigenvalue weighted by Gasteiger charge is 2.39. The first kappa shape index (κ1) is 9.97. The van der Waals surface area contributed by atoms with Crippen molar-refractivity contribution in [2.24, 2.45) is 11.8 Å². The molecule has 80 valence electrons. The lowest BCUT2D eigenvalue weighted by atomic mass is 10.0. The molecular formula is C11H19NO2. The number of amides is 1. The molecule has 14 heavy (non-hydrogen) atoms. The highest BCUT2D eigenvalue weighted by molar-refractivity contribution is 5.79. The monoisotopic (exact) mass is 197 g/mol. The van der Waals surface area contributed by atoms with Crippen LogP contribution in [0, 0.1) is 11.8 Å². The molecule has 3 heteroatoms. The van der Waals surface area contributed by atoms with Crippen LogP contribution in [0.4, 0.5) is 0 Å². The average molecular weight is 197 g/mol. The molecular weight excluding hydrogens is 178 g/mol. The zero-order chi connectivity index (χ0) is 10.3. The van der Waals surface area contributed by atoms with Gasteiger partial charge in [0.05, 0.1) is 5.60 Å². The van der Waals surface area contributed by atoms with E-state index in [1.54, 1.807) is 0 Å². The minimum Gasteiger partial charge on any atom is -0.388 e. The molecule has 1 aliphatic heterocycles. The summed E-state index contributed by atoms with van der Waals surface area (Å²) < 4.78 is 0. The number of aliphatic hydroxyl groups is 1. The fraction of sp³-hybridized carbons (Fsp3) is 0.909. The van der Waals surface area contributed by atoms with Crippen LogP contribution in [0.25, 0.3) is 0 Å². The van der Waals surface area contributed by atoms with Gasteiger partial charge in [-0.1, -0.05) is 6.92 Å². The van der Waals surface area contributed by atoms with Gasteiger partial charge >= 0.3 is 0 Å². The summed E-state index contributed by atoms with van der Waals surface area (Å²) in [4.78, 5) is 13.8. The third-order valence-corrected chi connectivity index (χ3v) is 3.48. The van der Waals surface area contributed by atoms with Crippen molar-refractivity contribution in [3.63, 3.8) is 0 Å². The third kappa shape index (κ3) is 1.92. The van der Waals surface area contributed by atoms with Gasteiger partial charge < -0.3 is 10.0 Å². The van der Waals surface area contributed by atoms with Crippen molar-refractivity contribution < 1.29 is 9.90 Å². The van der Waals surface area contributed by atoms with Crippen molar-refractivity contribution in [1.29, 1.82) is 0 Å². The van der Waals surface area contributed by atoms with Crippen molar-refractivity contribution >= 4 is 5.91 Å². The second-order valence-corrected chi connectivity index (χ2v) is 5.13. The Balaban J connectivity index is 1.92. The first-order valence-electron chi connectivity index (χ1n) is 5.51. The average Bonchev–Trinajstić information content (AvgIpc) is 2.89. The molecule has 2 atom stereocenters. The molecule has 0 bridgehead atoms. The zero-order valence-electron chi connectivity index (χ0n) is 8.99. The summed E-state index contributed by atoms with van der Waals surface area (Å²) in [5.74, 6) is 1.03. The Morgan fingerprint density at radius 3 is 2.64 bits per heavy atom. The molecule has 1 aliphatic carbocycles. The summed E-state index contributed by atoms with van der Waals surface area (Å²) in [5.41, 5.74) is -0.654. The predicted molar refractivity (Wildman–Crippen MR) is 53.7 cm³/mol. The van der Waals surface area contributed by atoms with Crippen LogP contribution in [0.3, 0.4) is 0 Å². The number of rotatable bonds is 2. The summed E-state index contributed by atoms with van der Waals surface area (Å²) in [6.07, 6.45) is 3.13. The van der Waals surface area contributed by atoms with E-state index in [2.05, 4.69) is 0 Å².